The van der Waals surface area contributed by atoms with Gasteiger partial charge < -0.3 is 9.88 Å². The summed E-state index contributed by atoms with van der Waals surface area (Å²) in [4.78, 5) is 38.5. The Morgan fingerprint density at radius 3 is 2.27 bits per heavy atom. The second-order valence-electron chi connectivity index (χ2n) is 6.95. The first-order chi connectivity index (χ1) is 14.5. The number of rotatable bonds is 6. The molecule has 0 unspecified atom stereocenters. The van der Waals surface area contributed by atoms with Gasteiger partial charge in [0.05, 0.1) is 17.7 Å². The van der Waals surface area contributed by atoms with E-state index < -0.39 is 0 Å². The average molecular weight is 421 g/mol. The predicted octanol–water partition coefficient (Wildman–Crippen LogP) is 2.25. The highest BCUT2D eigenvalue weighted by Gasteiger charge is 2.34. The lowest BCUT2D eigenvalue weighted by Gasteiger charge is -2.14. The summed E-state index contributed by atoms with van der Waals surface area (Å²) in [5.74, 6) is -0.0481. The van der Waals surface area contributed by atoms with E-state index in [2.05, 4.69) is 15.5 Å². The van der Waals surface area contributed by atoms with E-state index in [1.54, 1.807) is 53.1 Å². The molecule has 2 heterocycles. The van der Waals surface area contributed by atoms with E-state index in [0.717, 1.165) is 11.4 Å². The van der Waals surface area contributed by atoms with Gasteiger partial charge in [-0.2, -0.15) is 5.10 Å². The minimum atomic E-state index is -0.300. The fourth-order valence-electron chi connectivity index (χ4n) is 3.32. The summed E-state index contributed by atoms with van der Waals surface area (Å²) in [6.07, 6.45) is 0.549. The molecule has 0 saturated heterocycles. The lowest BCUT2D eigenvalue weighted by molar-refractivity contribution is 0.0641. The number of nitrogens with one attached hydrogen (secondary N) is 2. The van der Waals surface area contributed by atoms with Gasteiger partial charge in [-0.05, 0) is 42.0 Å². The van der Waals surface area contributed by atoms with Gasteiger partial charge in [-0.1, -0.05) is 24.3 Å². The van der Waals surface area contributed by atoms with E-state index in [4.69, 9.17) is 12.2 Å². The monoisotopic (exact) mass is 421 g/mol. The smallest absolute Gasteiger partial charge is 0.261 e. The number of aromatic amines is 1. The van der Waals surface area contributed by atoms with Crippen LogP contribution in [0.3, 0.4) is 0 Å². The molecular formula is C21H19N5O3S. The summed E-state index contributed by atoms with van der Waals surface area (Å²) in [6, 6.07) is 13.6. The molecule has 9 heteroatoms. The van der Waals surface area contributed by atoms with Crippen molar-refractivity contribution in [1.29, 1.82) is 0 Å². The second-order valence-corrected chi connectivity index (χ2v) is 7.34. The molecular weight excluding hydrogens is 402 g/mol. The number of carbonyl (C=O) groups is 3. The third-order valence-corrected chi connectivity index (χ3v) is 5.41. The van der Waals surface area contributed by atoms with Crippen molar-refractivity contribution in [1.82, 2.24) is 25.0 Å². The van der Waals surface area contributed by atoms with Crippen LogP contribution in [0.4, 0.5) is 0 Å². The maximum atomic E-state index is 12.5. The van der Waals surface area contributed by atoms with E-state index in [9.17, 15) is 14.4 Å². The highest BCUT2D eigenvalue weighted by atomic mass is 32.1. The molecule has 1 aliphatic rings. The number of H-pyrrole nitrogens is 1. The van der Waals surface area contributed by atoms with Gasteiger partial charge in [0.1, 0.15) is 5.82 Å². The zero-order chi connectivity index (χ0) is 21.3. The van der Waals surface area contributed by atoms with E-state index >= 15 is 0 Å². The molecule has 0 spiro atoms. The van der Waals surface area contributed by atoms with Gasteiger partial charge in [0.2, 0.25) is 0 Å². The number of benzene rings is 2. The highest BCUT2D eigenvalue weighted by Crippen LogP contribution is 2.24. The van der Waals surface area contributed by atoms with Crippen molar-refractivity contribution in [3.8, 4) is 0 Å². The maximum absolute atomic E-state index is 12.5. The van der Waals surface area contributed by atoms with Gasteiger partial charge in [0, 0.05) is 25.6 Å². The van der Waals surface area contributed by atoms with Crippen LogP contribution < -0.4 is 5.32 Å². The molecule has 0 radical (unpaired) electrons. The van der Waals surface area contributed by atoms with Crippen LogP contribution >= 0.6 is 12.2 Å². The Morgan fingerprint density at radius 1 is 1.07 bits per heavy atom. The van der Waals surface area contributed by atoms with Crippen molar-refractivity contribution in [2.45, 2.75) is 13.0 Å². The highest BCUT2D eigenvalue weighted by molar-refractivity contribution is 7.71. The average Bonchev–Trinajstić information content (AvgIpc) is 3.20. The van der Waals surface area contributed by atoms with Gasteiger partial charge in [0.25, 0.3) is 17.7 Å². The molecule has 4 rings (SSSR count). The largest absolute Gasteiger partial charge is 0.352 e. The fourth-order valence-corrected chi connectivity index (χ4v) is 3.47. The van der Waals surface area contributed by atoms with Crippen molar-refractivity contribution < 1.29 is 14.4 Å². The molecule has 2 N–H and O–H groups in total. The van der Waals surface area contributed by atoms with Gasteiger partial charge in [-0.3, -0.25) is 24.4 Å². The maximum Gasteiger partial charge on any atom is 0.261 e. The summed E-state index contributed by atoms with van der Waals surface area (Å²) in [5.41, 5.74) is 2.11. The summed E-state index contributed by atoms with van der Waals surface area (Å²) in [6.45, 7) is 0.580. The first kappa shape index (κ1) is 19.7. The minimum Gasteiger partial charge on any atom is -0.352 e. The Labute approximate surface area is 177 Å². The molecule has 3 aromatic rings. The summed E-state index contributed by atoms with van der Waals surface area (Å²) in [5, 5.41) is 9.66. The van der Waals surface area contributed by atoms with Crippen molar-refractivity contribution in [3.05, 3.63) is 81.4 Å². The van der Waals surface area contributed by atoms with E-state index in [1.807, 2.05) is 7.05 Å². The van der Waals surface area contributed by atoms with Crippen molar-refractivity contribution in [3.63, 3.8) is 0 Å². The molecule has 2 aromatic carbocycles. The molecule has 1 aromatic heterocycles. The Hall–Kier alpha value is -3.59. The Balaban J connectivity index is 1.35. The number of fused-ring (bicyclic) bond motifs is 1. The number of imide groups is 1. The predicted molar refractivity (Wildman–Crippen MR) is 112 cm³/mol. The molecule has 8 nitrogen and oxygen atoms in total. The molecule has 152 valence electrons. The normalized spacial score (nSPS) is 12.9. The quantitative estimate of drug-likeness (QED) is 0.470. The number of hydrogen-bond acceptors (Lipinski definition) is 5. The van der Waals surface area contributed by atoms with Gasteiger partial charge >= 0.3 is 0 Å². The topological polar surface area (TPSA) is 100 Å². The first-order valence-electron chi connectivity index (χ1n) is 9.38. The summed E-state index contributed by atoms with van der Waals surface area (Å²) in [7, 11) is 1.82. The molecule has 1 aliphatic heterocycles. The molecule has 0 saturated carbocycles. The van der Waals surface area contributed by atoms with E-state index in [0.29, 0.717) is 34.4 Å². The third kappa shape index (κ3) is 3.67. The molecule has 0 bridgehead atoms. The van der Waals surface area contributed by atoms with Crippen LogP contribution in [0.1, 0.15) is 42.5 Å². The SMILES string of the molecule is Cn1c(CCNC(=O)c2ccc(CN3C(=O)c4ccccc4C3=O)cc2)n[nH]c1=S. The van der Waals surface area contributed by atoms with Crippen LogP contribution in [0.15, 0.2) is 48.5 Å². The van der Waals surface area contributed by atoms with Crippen molar-refractivity contribution >= 4 is 29.9 Å². The Morgan fingerprint density at radius 2 is 1.70 bits per heavy atom. The number of carbonyl (C=O) groups excluding carboxylic acids is 3. The minimum absolute atomic E-state index is 0.160. The lowest BCUT2D eigenvalue weighted by Crippen LogP contribution is -2.29. The van der Waals surface area contributed by atoms with E-state index in [-0.39, 0.29) is 24.3 Å². The van der Waals surface area contributed by atoms with Crippen LogP contribution in [-0.2, 0) is 20.0 Å². The fraction of sp³-hybridized carbons (Fsp3) is 0.190. The summed E-state index contributed by atoms with van der Waals surface area (Å²) < 4.78 is 2.29. The molecule has 30 heavy (non-hydrogen) atoms. The van der Waals surface area contributed by atoms with Gasteiger partial charge in [-0.15, -0.1) is 0 Å². The van der Waals surface area contributed by atoms with Crippen LogP contribution in [0.25, 0.3) is 0 Å². The second kappa shape index (κ2) is 8.03. The zero-order valence-electron chi connectivity index (χ0n) is 16.2. The van der Waals surface area contributed by atoms with Crippen LogP contribution in [0, 0.1) is 4.77 Å². The van der Waals surface area contributed by atoms with Gasteiger partial charge in [-0.25, -0.2) is 0 Å². The van der Waals surface area contributed by atoms with Crippen molar-refractivity contribution in [2.75, 3.05) is 6.54 Å². The molecule has 0 atom stereocenters. The van der Waals surface area contributed by atoms with Crippen LogP contribution in [-0.4, -0.2) is 43.9 Å². The molecule has 0 aliphatic carbocycles. The van der Waals surface area contributed by atoms with E-state index in [1.165, 1.54) is 4.90 Å². The number of nitrogens with zero attached hydrogens (tertiary/aromatic N) is 3. The van der Waals surface area contributed by atoms with Gasteiger partial charge in [0.15, 0.2) is 4.77 Å². The number of aromatic nitrogens is 3. The zero-order valence-corrected chi connectivity index (χ0v) is 17.0. The summed E-state index contributed by atoms with van der Waals surface area (Å²) >= 11 is 5.06. The van der Waals surface area contributed by atoms with Crippen molar-refractivity contribution in [2.24, 2.45) is 7.05 Å². The third-order valence-electron chi connectivity index (χ3n) is 5.04. The van der Waals surface area contributed by atoms with Crippen LogP contribution in [0.2, 0.25) is 0 Å². The standard InChI is InChI=1S/C21H19N5O3S/c1-25-17(23-24-21(25)30)10-11-22-18(27)14-8-6-13(7-9-14)12-26-19(28)15-4-2-3-5-16(15)20(26)29/h2-9H,10-12H2,1H3,(H,22,27)(H,24,30). The Kier molecular flexibility index (Phi) is 5.28. The number of amides is 3. The number of hydrogen-bond donors (Lipinski definition) is 2. The molecule has 3 amide bonds. The first-order valence-corrected chi connectivity index (χ1v) is 9.79. The van der Waals surface area contributed by atoms with Crippen LogP contribution in [0.5, 0.6) is 0 Å². The lowest BCUT2D eigenvalue weighted by atomic mass is 10.1. The molecule has 0 fully saturated rings. The Bertz CT molecular complexity index is 1160.